The minimum absolute atomic E-state index is 0.0365. The van der Waals surface area contributed by atoms with Crippen molar-refractivity contribution in [2.45, 2.75) is 6.92 Å². The second-order valence-electron chi connectivity index (χ2n) is 6.01. The van der Waals surface area contributed by atoms with Crippen LogP contribution in [-0.2, 0) is 19.6 Å². The molecule has 0 aliphatic carbocycles. The number of esters is 1. The molecule has 160 valence electrons. The lowest BCUT2D eigenvalue weighted by Crippen LogP contribution is -2.37. The van der Waals surface area contributed by atoms with Crippen LogP contribution in [0, 0.1) is 10.1 Å². The number of carbonyl (C=O) groups is 2. The summed E-state index contributed by atoms with van der Waals surface area (Å²) in [5.41, 5.74) is -0.0128. The largest absolute Gasteiger partial charge is 0.462 e. The Hall–Kier alpha value is -3.18. The van der Waals surface area contributed by atoms with E-state index in [-0.39, 0.29) is 34.3 Å². The van der Waals surface area contributed by atoms with Gasteiger partial charge in [-0.1, -0.05) is 17.7 Å². The van der Waals surface area contributed by atoms with Crippen molar-refractivity contribution in [3.05, 3.63) is 63.2 Å². The summed E-state index contributed by atoms with van der Waals surface area (Å²) < 4.78 is 29.9. The van der Waals surface area contributed by atoms with Crippen molar-refractivity contribution in [1.82, 2.24) is 0 Å². The number of nitro benzene ring substituents is 1. The Morgan fingerprint density at radius 1 is 1.23 bits per heavy atom. The Kier molecular flexibility index (Phi) is 7.35. The van der Waals surface area contributed by atoms with Gasteiger partial charge in [0.05, 0.1) is 39.7 Å². The molecule has 1 N–H and O–H groups in total. The third-order valence-corrected chi connectivity index (χ3v) is 5.22. The lowest BCUT2D eigenvalue weighted by Gasteiger charge is -2.21. The Morgan fingerprint density at radius 2 is 1.93 bits per heavy atom. The highest BCUT2D eigenvalue weighted by Crippen LogP contribution is 2.25. The number of benzene rings is 2. The van der Waals surface area contributed by atoms with Crippen LogP contribution in [0.15, 0.2) is 42.5 Å². The number of anilines is 2. The average Bonchev–Trinajstić information content (AvgIpc) is 2.67. The lowest BCUT2D eigenvalue weighted by molar-refractivity contribution is -0.384. The maximum absolute atomic E-state index is 12.4. The van der Waals surface area contributed by atoms with Gasteiger partial charge in [0, 0.05) is 12.1 Å². The van der Waals surface area contributed by atoms with Crippen LogP contribution in [0.1, 0.15) is 17.3 Å². The van der Waals surface area contributed by atoms with Gasteiger partial charge in [0.15, 0.2) is 0 Å². The van der Waals surface area contributed by atoms with E-state index in [0.29, 0.717) is 0 Å². The lowest BCUT2D eigenvalue weighted by atomic mass is 10.2. The zero-order valence-electron chi connectivity index (χ0n) is 16.0. The first-order valence-corrected chi connectivity index (χ1v) is 10.7. The van der Waals surface area contributed by atoms with Crippen LogP contribution in [0.2, 0.25) is 5.02 Å². The van der Waals surface area contributed by atoms with Crippen LogP contribution in [-0.4, -0.2) is 44.6 Å². The first kappa shape index (κ1) is 23.1. The summed E-state index contributed by atoms with van der Waals surface area (Å²) in [5.74, 6) is -1.32. The van der Waals surface area contributed by atoms with Gasteiger partial charge in [-0.25, -0.2) is 13.2 Å². The van der Waals surface area contributed by atoms with Crippen LogP contribution < -0.4 is 9.62 Å². The molecule has 1 amide bonds. The fourth-order valence-electron chi connectivity index (χ4n) is 2.44. The predicted molar refractivity (Wildman–Crippen MR) is 111 cm³/mol. The Balaban J connectivity index is 2.22. The number of non-ortho nitro benzene ring substituents is 1. The van der Waals surface area contributed by atoms with Gasteiger partial charge in [-0.05, 0) is 31.2 Å². The molecule has 0 saturated carbocycles. The van der Waals surface area contributed by atoms with E-state index in [1.807, 2.05) is 0 Å². The van der Waals surface area contributed by atoms with Gasteiger partial charge >= 0.3 is 5.97 Å². The third-order valence-electron chi connectivity index (χ3n) is 3.77. The molecule has 2 rings (SSSR count). The molecular formula is C18H18ClN3O7S. The van der Waals surface area contributed by atoms with Gasteiger partial charge in [-0.15, -0.1) is 0 Å². The maximum Gasteiger partial charge on any atom is 0.338 e. The first-order chi connectivity index (χ1) is 14.0. The highest BCUT2D eigenvalue weighted by atomic mass is 35.5. The number of nitrogens with one attached hydrogen (secondary N) is 1. The molecule has 0 heterocycles. The van der Waals surface area contributed by atoms with Crippen molar-refractivity contribution in [2.24, 2.45) is 0 Å². The molecule has 0 fully saturated rings. The monoisotopic (exact) mass is 455 g/mol. The van der Waals surface area contributed by atoms with E-state index in [2.05, 4.69) is 5.32 Å². The summed E-state index contributed by atoms with van der Waals surface area (Å²) in [6, 6.07) is 8.99. The quantitative estimate of drug-likeness (QED) is 0.367. The summed E-state index contributed by atoms with van der Waals surface area (Å²) in [7, 11) is -3.93. The number of amides is 1. The second kappa shape index (κ2) is 9.55. The van der Waals surface area contributed by atoms with Gasteiger partial charge in [0.25, 0.3) is 5.69 Å². The molecule has 0 atom stereocenters. The molecule has 0 bridgehead atoms. The number of carbonyl (C=O) groups excluding carboxylic acids is 2. The van der Waals surface area contributed by atoms with Gasteiger partial charge in [0.2, 0.25) is 15.9 Å². The van der Waals surface area contributed by atoms with Crippen LogP contribution in [0.4, 0.5) is 17.1 Å². The molecule has 0 saturated heterocycles. The highest BCUT2D eigenvalue weighted by molar-refractivity contribution is 7.92. The summed E-state index contributed by atoms with van der Waals surface area (Å²) in [6.07, 6.45) is 0.875. The zero-order valence-corrected chi connectivity index (χ0v) is 17.6. The molecule has 0 spiro atoms. The fraction of sp³-hybridized carbons (Fsp3) is 0.222. The van der Waals surface area contributed by atoms with Crippen molar-refractivity contribution < 1.29 is 27.7 Å². The van der Waals surface area contributed by atoms with Gasteiger partial charge in [-0.3, -0.25) is 19.2 Å². The van der Waals surface area contributed by atoms with Crippen molar-refractivity contribution >= 4 is 50.6 Å². The van der Waals surface area contributed by atoms with Crippen LogP contribution in [0.5, 0.6) is 0 Å². The molecule has 0 aliphatic rings. The SMILES string of the molecule is CCOC(=O)c1ccc(NC(=O)CN(c2cccc([N+](=O)[O-])c2)S(C)(=O)=O)c(Cl)c1. The summed E-state index contributed by atoms with van der Waals surface area (Å²) in [6.45, 7) is 1.20. The first-order valence-electron chi connectivity index (χ1n) is 8.51. The van der Waals surface area contributed by atoms with Gasteiger partial charge in [-0.2, -0.15) is 0 Å². The topological polar surface area (TPSA) is 136 Å². The van der Waals surface area contributed by atoms with Crippen molar-refractivity contribution in [1.29, 1.82) is 0 Å². The number of nitro groups is 1. The number of nitrogens with zero attached hydrogens (tertiary/aromatic N) is 2. The van der Waals surface area contributed by atoms with Crippen LogP contribution in [0.3, 0.4) is 0 Å². The fourth-order valence-corrected chi connectivity index (χ4v) is 3.52. The third kappa shape index (κ3) is 5.91. The van der Waals surface area contributed by atoms with E-state index in [4.69, 9.17) is 16.3 Å². The molecule has 0 aromatic heterocycles. The summed E-state index contributed by atoms with van der Waals surface area (Å²) >= 11 is 6.09. The van der Waals surface area contributed by atoms with E-state index in [9.17, 15) is 28.1 Å². The number of sulfonamides is 1. The summed E-state index contributed by atoms with van der Waals surface area (Å²) in [4.78, 5) is 34.4. The van der Waals surface area contributed by atoms with Crippen molar-refractivity contribution in [2.75, 3.05) is 29.0 Å². The molecule has 2 aromatic rings. The molecule has 0 radical (unpaired) electrons. The molecule has 0 unspecified atom stereocenters. The number of rotatable bonds is 8. The minimum atomic E-state index is -3.93. The number of hydrogen-bond acceptors (Lipinski definition) is 7. The van der Waals surface area contributed by atoms with Gasteiger partial charge in [0.1, 0.15) is 6.54 Å². The minimum Gasteiger partial charge on any atom is -0.462 e. The molecule has 10 nitrogen and oxygen atoms in total. The Labute approximate surface area is 177 Å². The van der Waals surface area contributed by atoms with E-state index < -0.39 is 33.4 Å². The molecule has 30 heavy (non-hydrogen) atoms. The van der Waals surface area contributed by atoms with E-state index in [1.165, 1.54) is 36.4 Å². The van der Waals surface area contributed by atoms with E-state index in [1.54, 1.807) is 6.92 Å². The number of ether oxygens (including phenoxy) is 1. The standard InChI is InChI=1S/C18H18ClN3O7S/c1-3-29-18(24)12-7-8-16(15(19)9-12)20-17(23)11-21(30(2,27)28)13-5-4-6-14(10-13)22(25)26/h4-10H,3,11H2,1-2H3,(H,20,23). The van der Waals surface area contributed by atoms with Crippen molar-refractivity contribution in [3.8, 4) is 0 Å². The smallest absolute Gasteiger partial charge is 0.338 e. The normalized spacial score (nSPS) is 10.9. The van der Waals surface area contributed by atoms with Crippen LogP contribution in [0.25, 0.3) is 0 Å². The highest BCUT2D eigenvalue weighted by Gasteiger charge is 2.23. The van der Waals surface area contributed by atoms with E-state index >= 15 is 0 Å². The molecule has 12 heteroatoms. The molecule has 2 aromatic carbocycles. The maximum atomic E-state index is 12.4. The zero-order chi connectivity index (χ0) is 22.5. The molecule has 0 aliphatic heterocycles. The second-order valence-corrected chi connectivity index (χ2v) is 8.32. The van der Waals surface area contributed by atoms with Crippen LogP contribution >= 0.6 is 11.6 Å². The van der Waals surface area contributed by atoms with Crippen molar-refractivity contribution in [3.63, 3.8) is 0 Å². The predicted octanol–water partition coefficient (Wildman–Crippen LogP) is 2.83. The average molecular weight is 456 g/mol. The summed E-state index contributed by atoms with van der Waals surface area (Å²) in [5, 5.41) is 13.5. The Bertz CT molecular complexity index is 1090. The van der Waals surface area contributed by atoms with Gasteiger partial charge < -0.3 is 10.1 Å². The number of halogens is 1. The molecular weight excluding hydrogens is 438 g/mol. The Morgan fingerprint density at radius 3 is 2.50 bits per heavy atom. The number of hydrogen-bond donors (Lipinski definition) is 1. The van der Waals surface area contributed by atoms with E-state index in [0.717, 1.165) is 16.6 Å².